The fourth-order valence-electron chi connectivity index (χ4n) is 3.70. The Morgan fingerprint density at radius 3 is 2.12 bits per heavy atom. The molecular weight excluding hydrogens is 468 g/mol. The molecule has 3 rings (SSSR count). The van der Waals surface area contributed by atoms with Gasteiger partial charge in [-0.2, -0.15) is 0 Å². The largest absolute Gasteiger partial charge is 0.416 e. The standard InChI is InChI=1S/C22H39N10S2/c1-6-9-11-15-33-21-26-17-25-19-30(14-13-23-4)32-20(29(8-3)31(19)21)27-18(24-5)28-22(32)34-16-12-10-7-2/h17,23H,6-16H2,1-5H3/q+1/p+1. The minimum atomic E-state index is 0.620. The van der Waals surface area contributed by atoms with Gasteiger partial charge in [0.15, 0.2) is 0 Å². The highest BCUT2D eigenvalue weighted by Crippen LogP contribution is 2.24. The molecule has 2 aromatic rings. The van der Waals surface area contributed by atoms with Crippen molar-refractivity contribution < 1.29 is 9.35 Å². The zero-order valence-electron chi connectivity index (χ0n) is 21.2. The molecule has 0 bridgehead atoms. The average Bonchev–Trinajstić information content (AvgIpc) is 2.86. The smallest absolute Gasteiger partial charge is 0.336 e. The number of fused-ring (bicyclic) bond motifs is 2. The minimum Gasteiger partial charge on any atom is -0.336 e. The van der Waals surface area contributed by atoms with Crippen LogP contribution in [0, 0.1) is 0 Å². The van der Waals surface area contributed by atoms with Crippen LogP contribution in [0.15, 0.2) is 16.6 Å². The third-order valence-corrected chi connectivity index (χ3v) is 7.53. The lowest BCUT2D eigenvalue weighted by Gasteiger charge is -2.30. The molecule has 3 heterocycles. The van der Waals surface area contributed by atoms with Crippen LogP contribution in [0.1, 0.15) is 59.3 Å². The summed E-state index contributed by atoms with van der Waals surface area (Å²) in [6.07, 6.45) is 8.87. The third kappa shape index (κ3) is 6.19. The monoisotopic (exact) mass is 508 g/mol. The van der Waals surface area contributed by atoms with Gasteiger partial charge in [-0.15, -0.1) is 10.0 Å². The van der Waals surface area contributed by atoms with Crippen LogP contribution in [-0.2, 0) is 0 Å². The van der Waals surface area contributed by atoms with E-state index >= 15 is 0 Å². The molecule has 0 radical (unpaired) electrons. The van der Waals surface area contributed by atoms with Crippen molar-refractivity contribution in [2.75, 3.05) is 60.6 Å². The SMILES string of the molecule is CCCCCSc1ncnc2[n+]1N(CC)c1nc(NC)nc(SCCCCC)[n+]1N2CCNC. The summed E-state index contributed by atoms with van der Waals surface area (Å²) in [4.78, 5) is 19.2. The highest BCUT2D eigenvalue weighted by atomic mass is 32.2. The van der Waals surface area contributed by atoms with Crippen LogP contribution in [0.4, 0.5) is 17.8 Å². The lowest BCUT2D eigenvalue weighted by atomic mass is 10.3. The molecule has 0 amide bonds. The van der Waals surface area contributed by atoms with Crippen LogP contribution in [0.3, 0.4) is 0 Å². The topological polar surface area (TPSA) is 89.9 Å². The molecule has 34 heavy (non-hydrogen) atoms. The summed E-state index contributed by atoms with van der Waals surface area (Å²) in [5.41, 5.74) is 0. The second kappa shape index (κ2) is 13.8. The highest BCUT2D eigenvalue weighted by molar-refractivity contribution is 7.99. The molecule has 0 saturated carbocycles. The highest BCUT2D eigenvalue weighted by Gasteiger charge is 2.45. The lowest BCUT2D eigenvalue weighted by Crippen LogP contribution is -2.75. The maximum Gasteiger partial charge on any atom is 0.416 e. The van der Waals surface area contributed by atoms with E-state index < -0.39 is 0 Å². The molecule has 0 spiro atoms. The average molecular weight is 509 g/mol. The van der Waals surface area contributed by atoms with Crippen molar-refractivity contribution in [1.29, 1.82) is 0 Å². The molecule has 2 aromatic heterocycles. The van der Waals surface area contributed by atoms with E-state index in [1.165, 1.54) is 32.1 Å². The lowest BCUT2D eigenvalue weighted by molar-refractivity contribution is -0.804. The summed E-state index contributed by atoms with van der Waals surface area (Å²) in [5.74, 6) is 4.32. The first-order valence-corrected chi connectivity index (χ1v) is 14.4. The molecule has 0 saturated heterocycles. The fraction of sp³-hybridized carbons (Fsp3) is 0.727. The van der Waals surface area contributed by atoms with Crippen molar-refractivity contribution in [3.05, 3.63) is 6.33 Å². The molecule has 2 N–H and O–H groups in total. The summed E-state index contributed by atoms with van der Waals surface area (Å²) in [5, 5.41) is 12.6. The number of rotatable bonds is 15. The number of hydrogen-bond acceptors (Lipinski definition) is 10. The van der Waals surface area contributed by atoms with Crippen LogP contribution in [0.2, 0.25) is 0 Å². The van der Waals surface area contributed by atoms with E-state index in [-0.39, 0.29) is 0 Å². The van der Waals surface area contributed by atoms with E-state index in [1.54, 1.807) is 29.9 Å². The van der Waals surface area contributed by atoms with Gasteiger partial charge >= 0.3 is 28.2 Å². The molecule has 12 heteroatoms. The van der Waals surface area contributed by atoms with Crippen LogP contribution >= 0.6 is 23.5 Å². The van der Waals surface area contributed by atoms with Gasteiger partial charge in [0.25, 0.3) is 0 Å². The van der Waals surface area contributed by atoms with Gasteiger partial charge in [-0.25, -0.2) is 0 Å². The first kappa shape index (κ1) is 26.7. The molecular formula is C22H40N10S2+2. The number of anilines is 3. The number of hydrogen-bond donors (Lipinski definition) is 2. The molecule has 0 fully saturated rings. The van der Waals surface area contributed by atoms with Gasteiger partial charge in [0, 0.05) is 25.1 Å². The van der Waals surface area contributed by atoms with Crippen molar-refractivity contribution >= 4 is 41.4 Å². The van der Waals surface area contributed by atoms with E-state index in [4.69, 9.17) is 15.0 Å². The molecule has 1 aliphatic heterocycles. The first-order valence-electron chi connectivity index (χ1n) is 12.4. The normalized spacial score (nSPS) is 12.6. The van der Waals surface area contributed by atoms with Gasteiger partial charge in [-0.05, 0) is 26.8 Å². The summed E-state index contributed by atoms with van der Waals surface area (Å²) in [7, 11) is 3.84. The quantitative estimate of drug-likeness (QED) is 0.212. The number of aromatic nitrogens is 6. The summed E-state index contributed by atoms with van der Waals surface area (Å²) >= 11 is 3.56. The van der Waals surface area contributed by atoms with E-state index in [1.807, 2.05) is 14.1 Å². The summed E-state index contributed by atoms with van der Waals surface area (Å²) in [6.45, 7) is 8.86. The zero-order valence-corrected chi connectivity index (χ0v) is 22.9. The summed E-state index contributed by atoms with van der Waals surface area (Å²) < 4.78 is 4.26. The Hall–Kier alpha value is -1.92. The Bertz CT molecular complexity index is 913. The second-order valence-corrected chi connectivity index (χ2v) is 10.1. The van der Waals surface area contributed by atoms with Crippen LogP contribution in [0.25, 0.3) is 0 Å². The van der Waals surface area contributed by atoms with Crippen molar-refractivity contribution in [2.24, 2.45) is 0 Å². The van der Waals surface area contributed by atoms with E-state index in [0.717, 1.165) is 59.8 Å². The zero-order chi connectivity index (χ0) is 24.3. The van der Waals surface area contributed by atoms with Gasteiger partial charge in [-0.3, -0.25) is 0 Å². The number of unbranched alkanes of at least 4 members (excludes halogenated alkanes) is 4. The van der Waals surface area contributed by atoms with Crippen LogP contribution in [0.5, 0.6) is 0 Å². The van der Waals surface area contributed by atoms with E-state index in [2.05, 4.69) is 55.8 Å². The first-order chi connectivity index (χ1) is 16.7. The van der Waals surface area contributed by atoms with Crippen molar-refractivity contribution in [2.45, 2.75) is 69.6 Å². The molecule has 0 aliphatic carbocycles. The van der Waals surface area contributed by atoms with Crippen molar-refractivity contribution in [3.8, 4) is 0 Å². The molecule has 10 nitrogen and oxygen atoms in total. The van der Waals surface area contributed by atoms with Gasteiger partial charge in [0.05, 0.1) is 6.54 Å². The van der Waals surface area contributed by atoms with Gasteiger partial charge in [-0.1, -0.05) is 92.3 Å². The molecule has 0 aromatic carbocycles. The molecule has 188 valence electrons. The Morgan fingerprint density at radius 1 is 0.824 bits per heavy atom. The Morgan fingerprint density at radius 2 is 1.50 bits per heavy atom. The van der Waals surface area contributed by atoms with Gasteiger partial charge in [0.2, 0.25) is 6.33 Å². The predicted octanol–water partition coefficient (Wildman–Crippen LogP) is 2.54. The number of likely N-dealkylation sites (N-methyl/N-ethyl adjacent to an activating group) is 1. The Balaban J connectivity index is 2.09. The third-order valence-electron chi connectivity index (χ3n) is 5.49. The number of thioether (sulfide) groups is 2. The van der Waals surface area contributed by atoms with Crippen molar-refractivity contribution in [1.82, 2.24) is 25.3 Å². The van der Waals surface area contributed by atoms with Crippen molar-refractivity contribution in [3.63, 3.8) is 0 Å². The molecule has 0 unspecified atom stereocenters. The van der Waals surface area contributed by atoms with E-state index in [9.17, 15) is 0 Å². The minimum absolute atomic E-state index is 0.620. The van der Waals surface area contributed by atoms with E-state index in [0.29, 0.717) is 5.95 Å². The van der Waals surface area contributed by atoms with Crippen LogP contribution < -0.4 is 30.0 Å². The number of nitrogens with one attached hydrogen (secondary N) is 2. The Kier molecular flexibility index (Phi) is 10.9. The van der Waals surface area contributed by atoms with Crippen LogP contribution in [-0.4, -0.2) is 65.2 Å². The Labute approximate surface area is 212 Å². The molecule has 1 aliphatic rings. The maximum absolute atomic E-state index is 4.90. The summed E-state index contributed by atoms with van der Waals surface area (Å²) in [6, 6.07) is 0. The number of nitrogens with zero attached hydrogens (tertiary/aromatic N) is 8. The maximum atomic E-state index is 4.90. The van der Waals surface area contributed by atoms with Gasteiger partial charge < -0.3 is 10.6 Å². The van der Waals surface area contributed by atoms with Gasteiger partial charge in [0.1, 0.15) is 6.54 Å². The fourth-order valence-corrected chi connectivity index (χ4v) is 5.63. The molecule has 0 atom stereocenters. The predicted molar refractivity (Wildman–Crippen MR) is 140 cm³/mol. The second-order valence-electron chi connectivity index (χ2n) is 8.01.